The van der Waals surface area contributed by atoms with Crippen molar-refractivity contribution in [2.24, 2.45) is 0 Å². The van der Waals surface area contributed by atoms with Gasteiger partial charge in [0.25, 0.3) is 5.91 Å². The molecule has 158 valence electrons. The third-order valence-electron chi connectivity index (χ3n) is 4.98. The van der Waals surface area contributed by atoms with Crippen LogP contribution in [-0.4, -0.2) is 37.4 Å². The first kappa shape index (κ1) is 19.4. The van der Waals surface area contributed by atoms with Gasteiger partial charge in [-0.05, 0) is 42.7 Å². The third-order valence-corrected chi connectivity index (χ3v) is 5.34. The number of rotatable bonds is 6. The molecule has 2 fully saturated rings. The molecule has 3 N–H and O–H groups in total. The maximum absolute atomic E-state index is 13.6. The van der Waals surface area contributed by atoms with Gasteiger partial charge in [0.05, 0.1) is 12.6 Å². The molecular formula is C20H17ClFN7O2. The van der Waals surface area contributed by atoms with E-state index in [2.05, 4.69) is 31.0 Å². The maximum atomic E-state index is 13.6. The summed E-state index contributed by atoms with van der Waals surface area (Å²) in [6.07, 6.45) is 5.25. The fraction of sp³-hybridized carbons (Fsp3) is 0.250. The van der Waals surface area contributed by atoms with Crippen LogP contribution in [0.2, 0.25) is 5.02 Å². The number of carbonyl (C=O) groups is 2. The molecule has 3 aromatic rings. The Kier molecular flexibility index (Phi) is 4.78. The highest BCUT2D eigenvalue weighted by Crippen LogP contribution is 2.26. The highest BCUT2D eigenvalue weighted by molar-refractivity contribution is 6.31. The number of carbonyl (C=O) groups excluding carboxylic acids is 2. The van der Waals surface area contributed by atoms with E-state index >= 15 is 0 Å². The molecule has 0 unspecified atom stereocenters. The van der Waals surface area contributed by atoms with E-state index in [1.165, 1.54) is 18.2 Å². The molecule has 31 heavy (non-hydrogen) atoms. The highest BCUT2D eigenvalue weighted by Gasteiger charge is 2.26. The SMILES string of the molecule is O=C1C/C(=C\c2cnn3c(NC4CC4)nc(NCc4cc(F)ccc4Cl)nc23)C(=O)N1. The zero-order valence-corrected chi connectivity index (χ0v) is 16.9. The summed E-state index contributed by atoms with van der Waals surface area (Å²) in [7, 11) is 0. The van der Waals surface area contributed by atoms with E-state index in [1.807, 2.05) is 0 Å². The van der Waals surface area contributed by atoms with Gasteiger partial charge in [0.1, 0.15) is 5.82 Å². The predicted octanol–water partition coefficient (Wildman–Crippen LogP) is 2.53. The number of nitrogens with one attached hydrogen (secondary N) is 3. The summed E-state index contributed by atoms with van der Waals surface area (Å²) in [5, 5.41) is 13.4. The maximum Gasteiger partial charge on any atom is 0.254 e. The van der Waals surface area contributed by atoms with Gasteiger partial charge in [-0.25, -0.2) is 4.39 Å². The van der Waals surface area contributed by atoms with Crippen LogP contribution >= 0.6 is 11.6 Å². The van der Waals surface area contributed by atoms with Gasteiger partial charge < -0.3 is 10.6 Å². The number of anilines is 2. The van der Waals surface area contributed by atoms with E-state index in [1.54, 1.807) is 16.8 Å². The number of benzene rings is 1. The Morgan fingerprint density at radius 1 is 1.29 bits per heavy atom. The van der Waals surface area contributed by atoms with Crippen molar-refractivity contribution in [2.45, 2.75) is 31.8 Å². The quantitative estimate of drug-likeness (QED) is 0.398. The van der Waals surface area contributed by atoms with Crippen molar-refractivity contribution in [3.8, 4) is 0 Å². The van der Waals surface area contributed by atoms with Crippen molar-refractivity contribution in [1.29, 1.82) is 0 Å². The molecule has 5 rings (SSSR count). The molecule has 1 aliphatic carbocycles. The summed E-state index contributed by atoms with van der Waals surface area (Å²) in [6, 6.07) is 4.45. The molecule has 11 heteroatoms. The number of aromatic nitrogens is 4. The van der Waals surface area contributed by atoms with Gasteiger partial charge in [0.2, 0.25) is 17.8 Å². The van der Waals surface area contributed by atoms with Crippen LogP contribution in [0.15, 0.2) is 30.0 Å². The zero-order valence-electron chi connectivity index (χ0n) is 16.2. The van der Waals surface area contributed by atoms with Crippen LogP contribution in [-0.2, 0) is 16.1 Å². The van der Waals surface area contributed by atoms with Crippen molar-refractivity contribution >= 4 is 47.0 Å². The van der Waals surface area contributed by atoms with Crippen molar-refractivity contribution in [1.82, 2.24) is 24.9 Å². The molecule has 2 amide bonds. The monoisotopic (exact) mass is 441 g/mol. The van der Waals surface area contributed by atoms with Crippen LogP contribution in [0.4, 0.5) is 16.3 Å². The third kappa shape index (κ3) is 4.06. The average molecular weight is 442 g/mol. The molecule has 1 aromatic carbocycles. The summed E-state index contributed by atoms with van der Waals surface area (Å²) in [4.78, 5) is 32.4. The Hall–Kier alpha value is -3.53. The topological polar surface area (TPSA) is 113 Å². The first-order chi connectivity index (χ1) is 15.0. The first-order valence-electron chi connectivity index (χ1n) is 9.71. The smallest absolute Gasteiger partial charge is 0.254 e. The average Bonchev–Trinajstić information content (AvgIpc) is 3.37. The lowest BCUT2D eigenvalue weighted by Crippen LogP contribution is -2.19. The van der Waals surface area contributed by atoms with Gasteiger partial charge in [0, 0.05) is 28.7 Å². The fourth-order valence-electron chi connectivity index (χ4n) is 3.24. The molecule has 0 spiro atoms. The summed E-state index contributed by atoms with van der Waals surface area (Å²) >= 11 is 6.15. The second-order valence-electron chi connectivity index (χ2n) is 7.44. The Morgan fingerprint density at radius 3 is 2.87 bits per heavy atom. The Bertz CT molecular complexity index is 1250. The van der Waals surface area contributed by atoms with E-state index < -0.39 is 5.91 Å². The minimum Gasteiger partial charge on any atom is -0.351 e. The number of nitrogens with zero attached hydrogens (tertiary/aromatic N) is 4. The van der Waals surface area contributed by atoms with Crippen LogP contribution in [0, 0.1) is 5.82 Å². The lowest BCUT2D eigenvalue weighted by atomic mass is 10.1. The number of hydrogen-bond donors (Lipinski definition) is 3. The molecule has 9 nitrogen and oxygen atoms in total. The van der Waals surface area contributed by atoms with Crippen LogP contribution in [0.5, 0.6) is 0 Å². The van der Waals surface area contributed by atoms with Crippen LogP contribution in [0.3, 0.4) is 0 Å². The molecule has 1 saturated heterocycles. The van der Waals surface area contributed by atoms with Crippen molar-refractivity contribution in [3.63, 3.8) is 0 Å². The summed E-state index contributed by atoms with van der Waals surface area (Å²) < 4.78 is 15.1. The lowest BCUT2D eigenvalue weighted by molar-refractivity contribution is -0.124. The summed E-state index contributed by atoms with van der Waals surface area (Å²) in [6.45, 7) is 0.219. The van der Waals surface area contributed by atoms with Gasteiger partial charge in [-0.2, -0.15) is 19.6 Å². The summed E-state index contributed by atoms with van der Waals surface area (Å²) in [5.41, 5.74) is 1.95. The van der Waals surface area contributed by atoms with Gasteiger partial charge in [-0.15, -0.1) is 0 Å². The molecule has 0 bridgehead atoms. The van der Waals surface area contributed by atoms with E-state index in [0.717, 1.165) is 12.8 Å². The number of imide groups is 1. The molecule has 1 saturated carbocycles. The summed E-state index contributed by atoms with van der Waals surface area (Å²) in [5.74, 6) is -0.357. The molecule has 2 aliphatic rings. The number of hydrogen-bond acceptors (Lipinski definition) is 7. The molecule has 0 atom stereocenters. The number of halogens is 2. The number of fused-ring (bicyclic) bond motifs is 1. The first-order valence-corrected chi connectivity index (χ1v) is 10.1. The molecule has 2 aromatic heterocycles. The van der Waals surface area contributed by atoms with Gasteiger partial charge >= 0.3 is 0 Å². The van der Waals surface area contributed by atoms with E-state index in [-0.39, 0.29) is 24.7 Å². The van der Waals surface area contributed by atoms with Crippen molar-refractivity contribution in [3.05, 3.63) is 51.9 Å². The molecule has 0 radical (unpaired) electrons. The van der Waals surface area contributed by atoms with E-state index in [9.17, 15) is 14.0 Å². The van der Waals surface area contributed by atoms with Gasteiger partial charge in [0.15, 0.2) is 5.65 Å². The van der Waals surface area contributed by atoms with E-state index in [0.29, 0.717) is 45.3 Å². The second-order valence-corrected chi connectivity index (χ2v) is 7.84. The zero-order chi connectivity index (χ0) is 21.5. The van der Waals surface area contributed by atoms with Gasteiger partial charge in [-0.3, -0.25) is 14.9 Å². The Morgan fingerprint density at radius 2 is 2.13 bits per heavy atom. The lowest BCUT2D eigenvalue weighted by Gasteiger charge is -2.11. The molecular weight excluding hydrogens is 425 g/mol. The van der Waals surface area contributed by atoms with Crippen molar-refractivity contribution < 1.29 is 14.0 Å². The molecule has 1 aliphatic heterocycles. The normalized spacial score (nSPS) is 17.4. The van der Waals surface area contributed by atoms with Crippen LogP contribution in [0.25, 0.3) is 11.7 Å². The standard InChI is InChI=1S/C20H17ClFN7O2/c21-15-4-1-13(22)6-11(15)8-23-19-27-17-12(5-10-7-16(30)26-18(10)31)9-24-29(17)20(28-19)25-14-2-3-14/h1,4-6,9,14H,2-3,7-8H2,(H,26,30,31)(H2,23,25,27,28)/b10-5+. The Balaban J connectivity index is 1.50. The van der Waals surface area contributed by atoms with Crippen LogP contribution in [0.1, 0.15) is 30.4 Å². The molecule has 3 heterocycles. The highest BCUT2D eigenvalue weighted by atomic mass is 35.5. The fourth-order valence-corrected chi connectivity index (χ4v) is 3.43. The Labute approximate surface area is 180 Å². The van der Waals surface area contributed by atoms with Gasteiger partial charge in [-0.1, -0.05) is 11.6 Å². The minimum atomic E-state index is -0.422. The minimum absolute atomic E-state index is 0.0115. The van der Waals surface area contributed by atoms with Crippen molar-refractivity contribution in [2.75, 3.05) is 10.6 Å². The largest absolute Gasteiger partial charge is 0.351 e. The number of amides is 2. The predicted molar refractivity (Wildman–Crippen MR) is 112 cm³/mol. The van der Waals surface area contributed by atoms with Crippen LogP contribution < -0.4 is 16.0 Å². The van der Waals surface area contributed by atoms with E-state index in [4.69, 9.17) is 11.6 Å². The second kappa shape index (κ2) is 7.62.